The molecule has 2 fully saturated rings. The highest BCUT2D eigenvalue weighted by Crippen LogP contribution is 2.43. The van der Waals surface area contributed by atoms with Gasteiger partial charge in [-0.05, 0) is 49.3 Å². The van der Waals surface area contributed by atoms with Crippen LogP contribution in [0.5, 0.6) is 0 Å². The Morgan fingerprint density at radius 1 is 1.23 bits per heavy atom. The molecular formula is C26H29N3O6. The van der Waals surface area contributed by atoms with Gasteiger partial charge in [0.2, 0.25) is 11.8 Å². The summed E-state index contributed by atoms with van der Waals surface area (Å²) < 4.78 is 5.81. The minimum atomic E-state index is -0.823. The van der Waals surface area contributed by atoms with E-state index in [1.807, 2.05) is 24.3 Å². The van der Waals surface area contributed by atoms with E-state index in [9.17, 15) is 24.3 Å². The average Bonchev–Trinajstić information content (AvgIpc) is 3.12. The summed E-state index contributed by atoms with van der Waals surface area (Å²) in [6.07, 6.45) is 2.33. The number of hydrogen-bond acceptors (Lipinski definition) is 6. The van der Waals surface area contributed by atoms with E-state index in [0.29, 0.717) is 50.0 Å². The molecule has 0 aliphatic carbocycles. The van der Waals surface area contributed by atoms with Gasteiger partial charge in [-0.1, -0.05) is 19.1 Å². The number of carbonyl (C=O) groups is 4. The van der Waals surface area contributed by atoms with Gasteiger partial charge in [0.05, 0.1) is 22.8 Å². The third-order valence-corrected chi connectivity index (χ3v) is 7.74. The number of ether oxygens (including phenoxy) is 1. The van der Waals surface area contributed by atoms with Crippen LogP contribution in [-0.4, -0.2) is 60.6 Å². The molecule has 0 radical (unpaired) electrons. The van der Waals surface area contributed by atoms with Gasteiger partial charge in [-0.25, -0.2) is 0 Å². The second kappa shape index (κ2) is 8.64. The van der Waals surface area contributed by atoms with Crippen molar-refractivity contribution in [2.75, 3.05) is 30.0 Å². The Bertz CT molecular complexity index is 1230. The zero-order valence-corrected chi connectivity index (χ0v) is 19.9. The Hall–Kier alpha value is -3.46. The lowest BCUT2D eigenvalue weighted by Crippen LogP contribution is -2.53. The molecule has 0 aromatic heterocycles. The maximum atomic E-state index is 13.5. The second-order valence-corrected chi connectivity index (χ2v) is 9.83. The van der Waals surface area contributed by atoms with E-state index in [0.717, 1.165) is 16.5 Å². The molecule has 3 heterocycles. The summed E-state index contributed by atoms with van der Waals surface area (Å²) in [4.78, 5) is 52.8. The molecular weight excluding hydrogens is 450 g/mol. The predicted octanol–water partition coefficient (Wildman–Crippen LogP) is 2.70. The number of amides is 3. The van der Waals surface area contributed by atoms with Crippen molar-refractivity contribution in [2.45, 2.75) is 50.7 Å². The van der Waals surface area contributed by atoms with Gasteiger partial charge in [0.1, 0.15) is 6.04 Å². The third-order valence-electron chi connectivity index (χ3n) is 7.74. The summed E-state index contributed by atoms with van der Waals surface area (Å²) in [5.74, 6) is -2.30. The lowest BCUT2D eigenvalue weighted by Gasteiger charge is -2.42. The van der Waals surface area contributed by atoms with Crippen LogP contribution in [0.1, 0.15) is 49.4 Å². The van der Waals surface area contributed by atoms with Crippen LogP contribution in [-0.2, 0) is 19.1 Å². The van der Waals surface area contributed by atoms with E-state index in [-0.39, 0.29) is 18.2 Å². The highest BCUT2D eigenvalue weighted by atomic mass is 16.5. The number of imide groups is 1. The van der Waals surface area contributed by atoms with E-state index in [4.69, 9.17) is 4.74 Å². The molecule has 9 nitrogen and oxygen atoms in total. The van der Waals surface area contributed by atoms with E-state index >= 15 is 0 Å². The SMILES string of the molecule is COC1(CC(C)C(=O)O)CCN(c2cc3c4c(cccc4c2)N(C2CCC(=O)NC2=O)C3=O)CC1. The van der Waals surface area contributed by atoms with Gasteiger partial charge in [-0.2, -0.15) is 0 Å². The second-order valence-electron chi connectivity index (χ2n) is 9.83. The van der Waals surface area contributed by atoms with Crippen molar-refractivity contribution in [1.29, 1.82) is 0 Å². The Morgan fingerprint density at radius 3 is 2.63 bits per heavy atom. The average molecular weight is 480 g/mol. The van der Waals surface area contributed by atoms with Crippen LogP contribution >= 0.6 is 0 Å². The summed E-state index contributed by atoms with van der Waals surface area (Å²) in [5, 5.41) is 13.4. The maximum absolute atomic E-state index is 13.5. The molecule has 35 heavy (non-hydrogen) atoms. The molecule has 0 saturated carbocycles. The Balaban J connectivity index is 1.42. The first-order valence-electron chi connectivity index (χ1n) is 12.0. The number of methoxy groups -OCH3 is 1. The quantitative estimate of drug-likeness (QED) is 0.612. The van der Waals surface area contributed by atoms with Gasteiger partial charge in [0, 0.05) is 37.7 Å². The molecule has 2 unspecified atom stereocenters. The molecule has 5 rings (SSSR count). The number of anilines is 2. The van der Waals surface area contributed by atoms with Gasteiger partial charge in [0.25, 0.3) is 5.91 Å². The van der Waals surface area contributed by atoms with Crippen LogP contribution in [0.25, 0.3) is 10.8 Å². The minimum Gasteiger partial charge on any atom is -0.481 e. The summed E-state index contributed by atoms with van der Waals surface area (Å²) >= 11 is 0. The fourth-order valence-electron chi connectivity index (χ4n) is 5.73. The zero-order chi connectivity index (χ0) is 24.9. The molecule has 3 amide bonds. The predicted molar refractivity (Wildman–Crippen MR) is 130 cm³/mol. The van der Waals surface area contributed by atoms with Gasteiger partial charge < -0.3 is 14.7 Å². The summed E-state index contributed by atoms with van der Waals surface area (Å²) in [7, 11) is 1.64. The Kier molecular flexibility index (Phi) is 5.75. The number of carboxylic acids is 1. The van der Waals surface area contributed by atoms with Crippen molar-refractivity contribution >= 4 is 45.8 Å². The topological polar surface area (TPSA) is 116 Å². The number of carbonyl (C=O) groups excluding carboxylic acids is 3. The number of hydrogen-bond donors (Lipinski definition) is 2. The molecule has 3 aliphatic heterocycles. The van der Waals surface area contributed by atoms with Crippen LogP contribution in [0.15, 0.2) is 30.3 Å². The van der Waals surface area contributed by atoms with Gasteiger partial charge >= 0.3 is 5.97 Å². The molecule has 0 spiro atoms. The van der Waals surface area contributed by atoms with Crippen molar-refractivity contribution < 1.29 is 29.0 Å². The standard InChI is InChI=1S/C26H29N3O6/c1-15(25(33)34)14-26(35-2)8-10-28(11-9-26)17-12-16-4-3-5-19-22(16)18(13-17)24(32)29(19)20-6-7-21(30)27-23(20)31/h3-5,12-13,15,20H,6-11,14H2,1-2H3,(H,33,34)(H,27,30,31). The first kappa shape index (κ1) is 23.3. The maximum Gasteiger partial charge on any atom is 0.306 e. The van der Waals surface area contributed by atoms with Gasteiger partial charge in [0.15, 0.2) is 0 Å². The highest BCUT2D eigenvalue weighted by Gasteiger charge is 2.42. The molecule has 2 aromatic carbocycles. The van der Waals surface area contributed by atoms with Crippen molar-refractivity contribution in [3.8, 4) is 0 Å². The summed E-state index contributed by atoms with van der Waals surface area (Å²) in [5.41, 5.74) is 1.69. The summed E-state index contributed by atoms with van der Waals surface area (Å²) in [6, 6.07) is 8.92. The van der Waals surface area contributed by atoms with Crippen molar-refractivity contribution in [1.82, 2.24) is 5.32 Å². The van der Waals surface area contributed by atoms with E-state index < -0.39 is 29.4 Å². The summed E-state index contributed by atoms with van der Waals surface area (Å²) in [6.45, 7) is 3.06. The van der Waals surface area contributed by atoms with E-state index in [2.05, 4.69) is 16.3 Å². The molecule has 2 N–H and O–H groups in total. The number of nitrogens with zero attached hydrogens (tertiary/aromatic N) is 2. The Labute approximate surface area is 203 Å². The number of aliphatic carboxylic acids is 1. The number of carboxylic acid groups (broad SMARTS) is 1. The number of nitrogens with one attached hydrogen (secondary N) is 1. The fraction of sp³-hybridized carbons (Fsp3) is 0.462. The lowest BCUT2D eigenvalue weighted by atomic mass is 9.83. The monoisotopic (exact) mass is 479 g/mol. The van der Waals surface area contributed by atoms with Crippen molar-refractivity contribution in [3.63, 3.8) is 0 Å². The molecule has 3 aliphatic rings. The normalized spacial score (nSPS) is 22.5. The van der Waals surface area contributed by atoms with Gasteiger partial charge in [-0.3, -0.25) is 29.4 Å². The molecule has 2 atom stereocenters. The number of benzene rings is 2. The van der Waals surface area contributed by atoms with Crippen LogP contribution < -0.4 is 15.1 Å². The molecule has 2 saturated heterocycles. The lowest BCUT2D eigenvalue weighted by molar-refractivity contribution is -0.144. The van der Waals surface area contributed by atoms with Crippen LogP contribution in [0.4, 0.5) is 11.4 Å². The molecule has 9 heteroatoms. The number of rotatable bonds is 6. The molecule has 2 aromatic rings. The minimum absolute atomic E-state index is 0.202. The fourth-order valence-corrected chi connectivity index (χ4v) is 5.73. The van der Waals surface area contributed by atoms with Crippen LogP contribution in [0.3, 0.4) is 0 Å². The van der Waals surface area contributed by atoms with E-state index in [1.54, 1.807) is 14.0 Å². The largest absolute Gasteiger partial charge is 0.481 e. The van der Waals surface area contributed by atoms with Crippen LogP contribution in [0, 0.1) is 5.92 Å². The van der Waals surface area contributed by atoms with Crippen molar-refractivity contribution in [3.05, 3.63) is 35.9 Å². The van der Waals surface area contributed by atoms with Gasteiger partial charge in [-0.15, -0.1) is 0 Å². The van der Waals surface area contributed by atoms with Crippen molar-refractivity contribution in [2.24, 2.45) is 5.92 Å². The number of piperidine rings is 2. The molecule has 184 valence electrons. The smallest absolute Gasteiger partial charge is 0.306 e. The zero-order valence-electron chi connectivity index (χ0n) is 19.9. The first-order chi connectivity index (χ1) is 16.7. The van der Waals surface area contributed by atoms with Crippen LogP contribution in [0.2, 0.25) is 0 Å². The first-order valence-corrected chi connectivity index (χ1v) is 12.0. The third kappa shape index (κ3) is 3.93. The Morgan fingerprint density at radius 2 is 1.97 bits per heavy atom. The molecule has 0 bridgehead atoms. The highest BCUT2D eigenvalue weighted by molar-refractivity contribution is 6.27. The van der Waals surface area contributed by atoms with E-state index in [1.165, 1.54) is 4.90 Å².